The molecule has 0 fully saturated rings. The van der Waals surface area contributed by atoms with Crippen LogP contribution in [0.3, 0.4) is 0 Å². The van der Waals surface area contributed by atoms with Gasteiger partial charge in [0.15, 0.2) is 0 Å². The van der Waals surface area contributed by atoms with E-state index in [-0.39, 0.29) is 11.4 Å². The monoisotopic (exact) mass is 433 g/mol. The summed E-state index contributed by atoms with van der Waals surface area (Å²) >= 11 is 5.59. The Balaban J connectivity index is 2.43. The summed E-state index contributed by atoms with van der Waals surface area (Å²) in [5.41, 5.74) is 6.74. The molecule has 0 aliphatic rings. The molecule has 1 aromatic heterocycles. The average Bonchev–Trinajstić information content (AvgIpc) is 2.35. The third-order valence-corrected chi connectivity index (χ3v) is 3.72. The number of nitrogens with one attached hydrogen (secondary N) is 1. The Morgan fingerprint density at radius 2 is 2.11 bits per heavy atom. The maximum Gasteiger partial charge on any atom is 0.338 e. The second-order valence-corrected chi connectivity index (χ2v) is 5.81. The molecule has 0 atom stereocenters. The predicted molar refractivity (Wildman–Crippen MR) is 85.8 cm³/mol. The molecule has 0 amide bonds. The van der Waals surface area contributed by atoms with Gasteiger partial charge in [0.25, 0.3) is 0 Å². The highest BCUT2D eigenvalue weighted by molar-refractivity contribution is 14.1. The van der Waals surface area contributed by atoms with Crippen LogP contribution in [0.4, 0.5) is 17.2 Å². The SMILES string of the molecule is Nc1cc(C(=O)O)c(Nc2cc(I)ccc2Br)cn1. The van der Waals surface area contributed by atoms with Crippen LogP contribution in [-0.4, -0.2) is 16.1 Å². The van der Waals surface area contributed by atoms with Crippen LogP contribution in [0.25, 0.3) is 0 Å². The van der Waals surface area contributed by atoms with Gasteiger partial charge < -0.3 is 16.2 Å². The molecule has 0 spiro atoms. The zero-order chi connectivity index (χ0) is 14.0. The lowest BCUT2D eigenvalue weighted by atomic mass is 10.2. The zero-order valence-corrected chi connectivity index (χ0v) is 13.3. The number of pyridine rings is 1. The van der Waals surface area contributed by atoms with Crippen molar-refractivity contribution in [1.29, 1.82) is 0 Å². The molecule has 2 rings (SSSR count). The van der Waals surface area contributed by atoms with Gasteiger partial charge in [-0.15, -0.1) is 0 Å². The lowest BCUT2D eigenvalue weighted by Gasteiger charge is -2.11. The highest BCUT2D eigenvalue weighted by Gasteiger charge is 2.12. The quantitative estimate of drug-likeness (QED) is 0.645. The standard InChI is InChI=1S/C12H9BrIN3O2/c13-8-2-1-6(14)3-9(8)17-10-5-16-11(15)4-7(10)12(18)19/h1-5,17H,(H2,15,16)(H,18,19). The molecule has 0 saturated heterocycles. The highest BCUT2D eigenvalue weighted by atomic mass is 127. The van der Waals surface area contributed by atoms with Crippen LogP contribution in [0.15, 0.2) is 34.9 Å². The normalized spacial score (nSPS) is 10.2. The van der Waals surface area contributed by atoms with Gasteiger partial charge in [-0.1, -0.05) is 0 Å². The van der Waals surface area contributed by atoms with Crippen LogP contribution >= 0.6 is 38.5 Å². The Labute approximate surface area is 131 Å². The molecule has 7 heteroatoms. The van der Waals surface area contributed by atoms with E-state index in [2.05, 4.69) is 48.8 Å². The summed E-state index contributed by atoms with van der Waals surface area (Å²) in [5, 5.41) is 12.2. The second-order valence-electron chi connectivity index (χ2n) is 3.71. The fourth-order valence-electron chi connectivity index (χ4n) is 1.49. The number of carbonyl (C=O) groups is 1. The summed E-state index contributed by atoms with van der Waals surface area (Å²) in [5.74, 6) is -0.886. The summed E-state index contributed by atoms with van der Waals surface area (Å²) in [6, 6.07) is 7.05. The van der Waals surface area contributed by atoms with Crippen LogP contribution in [-0.2, 0) is 0 Å². The van der Waals surface area contributed by atoms with Crippen LogP contribution < -0.4 is 11.1 Å². The van der Waals surface area contributed by atoms with E-state index in [1.165, 1.54) is 12.3 Å². The molecule has 1 aromatic carbocycles. The van der Waals surface area contributed by atoms with Crippen LogP contribution in [0.1, 0.15) is 10.4 Å². The molecule has 0 bridgehead atoms. The lowest BCUT2D eigenvalue weighted by Crippen LogP contribution is -2.05. The fourth-order valence-corrected chi connectivity index (χ4v) is 2.32. The van der Waals surface area contributed by atoms with Gasteiger partial charge in [0.2, 0.25) is 0 Å². The van der Waals surface area contributed by atoms with Crippen molar-refractivity contribution in [3.63, 3.8) is 0 Å². The molecule has 0 radical (unpaired) electrons. The minimum absolute atomic E-state index is 0.0817. The number of carboxylic acids is 1. The molecule has 0 unspecified atom stereocenters. The minimum atomic E-state index is -1.06. The Hall–Kier alpha value is -1.35. The number of rotatable bonds is 3. The molecule has 2 aromatic rings. The van der Waals surface area contributed by atoms with Crippen molar-refractivity contribution in [2.75, 3.05) is 11.1 Å². The van der Waals surface area contributed by atoms with Crippen LogP contribution in [0, 0.1) is 3.57 Å². The number of nitrogens with two attached hydrogens (primary N) is 1. The smallest absolute Gasteiger partial charge is 0.338 e. The Bertz CT molecular complexity index is 649. The first kappa shape index (κ1) is 14.1. The molecule has 0 aliphatic heterocycles. The number of anilines is 3. The number of hydrogen-bond acceptors (Lipinski definition) is 4. The molecule has 5 nitrogen and oxygen atoms in total. The molecular weight excluding hydrogens is 425 g/mol. The van der Waals surface area contributed by atoms with E-state index in [1.54, 1.807) is 0 Å². The van der Waals surface area contributed by atoms with E-state index in [0.29, 0.717) is 5.69 Å². The Kier molecular flexibility index (Phi) is 4.25. The second kappa shape index (κ2) is 5.74. The van der Waals surface area contributed by atoms with Crippen molar-refractivity contribution >= 4 is 61.7 Å². The third kappa shape index (κ3) is 3.35. The number of nitrogen functional groups attached to an aromatic ring is 1. The molecule has 98 valence electrons. The van der Waals surface area contributed by atoms with E-state index in [1.807, 2.05) is 18.2 Å². The van der Waals surface area contributed by atoms with Gasteiger partial charge in [-0.05, 0) is 62.8 Å². The van der Waals surface area contributed by atoms with Gasteiger partial charge in [-0.25, -0.2) is 9.78 Å². The topological polar surface area (TPSA) is 88.2 Å². The highest BCUT2D eigenvalue weighted by Crippen LogP contribution is 2.29. The van der Waals surface area contributed by atoms with Gasteiger partial charge in [0.1, 0.15) is 5.82 Å². The summed E-state index contributed by atoms with van der Waals surface area (Å²) in [7, 11) is 0. The van der Waals surface area contributed by atoms with E-state index in [4.69, 9.17) is 10.8 Å². The Morgan fingerprint density at radius 1 is 1.37 bits per heavy atom. The van der Waals surface area contributed by atoms with Crippen molar-refractivity contribution in [3.05, 3.63) is 44.1 Å². The maximum atomic E-state index is 11.2. The number of carboxylic acid groups (broad SMARTS) is 1. The zero-order valence-electron chi connectivity index (χ0n) is 9.52. The largest absolute Gasteiger partial charge is 0.478 e. The molecular formula is C12H9BrIN3O2. The van der Waals surface area contributed by atoms with Crippen molar-refractivity contribution in [2.24, 2.45) is 0 Å². The summed E-state index contributed by atoms with van der Waals surface area (Å²) in [6.07, 6.45) is 1.41. The van der Waals surface area contributed by atoms with Gasteiger partial charge in [-0.2, -0.15) is 0 Å². The lowest BCUT2D eigenvalue weighted by molar-refractivity contribution is 0.0698. The number of benzene rings is 1. The fraction of sp³-hybridized carbons (Fsp3) is 0. The molecule has 19 heavy (non-hydrogen) atoms. The first-order chi connectivity index (χ1) is 8.97. The summed E-state index contributed by atoms with van der Waals surface area (Å²) in [6.45, 7) is 0. The molecule has 4 N–H and O–H groups in total. The molecule has 0 saturated carbocycles. The summed E-state index contributed by atoms with van der Waals surface area (Å²) in [4.78, 5) is 15.1. The maximum absolute atomic E-state index is 11.2. The summed E-state index contributed by atoms with van der Waals surface area (Å²) < 4.78 is 1.87. The van der Waals surface area contributed by atoms with Crippen LogP contribution in [0.2, 0.25) is 0 Å². The minimum Gasteiger partial charge on any atom is -0.478 e. The van der Waals surface area contributed by atoms with Gasteiger partial charge in [0.05, 0.1) is 23.1 Å². The average molecular weight is 434 g/mol. The van der Waals surface area contributed by atoms with Crippen molar-refractivity contribution in [1.82, 2.24) is 4.98 Å². The first-order valence-electron chi connectivity index (χ1n) is 5.18. The molecule has 1 heterocycles. The third-order valence-electron chi connectivity index (χ3n) is 2.35. The van der Waals surface area contributed by atoms with E-state index < -0.39 is 5.97 Å². The van der Waals surface area contributed by atoms with Crippen molar-refractivity contribution in [2.45, 2.75) is 0 Å². The molecule has 0 aliphatic carbocycles. The van der Waals surface area contributed by atoms with E-state index in [9.17, 15) is 4.79 Å². The number of hydrogen-bond donors (Lipinski definition) is 3. The number of aromatic carboxylic acids is 1. The Morgan fingerprint density at radius 3 is 2.79 bits per heavy atom. The first-order valence-corrected chi connectivity index (χ1v) is 7.05. The van der Waals surface area contributed by atoms with Crippen LogP contribution in [0.5, 0.6) is 0 Å². The van der Waals surface area contributed by atoms with Gasteiger partial charge >= 0.3 is 5.97 Å². The van der Waals surface area contributed by atoms with Gasteiger partial charge in [0, 0.05) is 8.04 Å². The number of aromatic nitrogens is 1. The number of halogens is 2. The number of nitrogens with zero attached hydrogens (tertiary/aromatic N) is 1. The van der Waals surface area contributed by atoms with E-state index in [0.717, 1.165) is 13.7 Å². The predicted octanol–water partition coefficient (Wildman–Crippen LogP) is 3.47. The van der Waals surface area contributed by atoms with Crippen molar-refractivity contribution in [3.8, 4) is 0 Å². The van der Waals surface area contributed by atoms with Gasteiger partial charge in [-0.3, -0.25) is 0 Å². The van der Waals surface area contributed by atoms with Crippen molar-refractivity contribution < 1.29 is 9.90 Å². The van der Waals surface area contributed by atoms with E-state index >= 15 is 0 Å².